The fourth-order valence-electron chi connectivity index (χ4n) is 1.78. The summed E-state index contributed by atoms with van der Waals surface area (Å²) < 4.78 is 39.9. The Bertz CT molecular complexity index is 696. The summed E-state index contributed by atoms with van der Waals surface area (Å²) in [7, 11) is -4.24. The number of rotatable bonds is 7. The summed E-state index contributed by atoms with van der Waals surface area (Å²) in [6.45, 7) is 6.65. The lowest BCUT2D eigenvalue weighted by Crippen LogP contribution is -2.34. The molecule has 0 saturated heterocycles. The molecule has 1 rings (SSSR count). The highest BCUT2D eigenvalue weighted by molar-refractivity contribution is 7.90. The van der Waals surface area contributed by atoms with Gasteiger partial charge in [-0.2, -0.15) is 0 Å². The molecule has 0 aliphatic carbocycles. The Hall–Kier alpha value is -1.76. The van der Waals surface area contributed by atoms with Crippen molar-refractivity contribution in [2.24, 2.45) is 11.8 Å². The van der Waals surface area contributed by atoms with Crippen LogP contribution in [-0.4, -0.2) is 20.1 Å². The number of carbonyl (C=O) groups excluding carboxylic acids is 2. The van der Waals surface area contributed by atoms with Crippen LogP contribution in [0.15, 0.2) is 23.1 Å². The van der Waals surface area contributed by atoms with E-state index in [4.69, 9.17) is 0 Å². The number of hydrogen-bond donors (Lipinski definition) is 1. The zero-order chi connectivity index (χ0) is 17.8. The van der Waals surface area contributed by atoms with Crippen LogP contribution < -0.4 is 4.72 Å². The van der Waals surface area contributed by atoms with Gasteiger partial charge in [0.25, 0.3) is 10.0 Å². The predicted molar refractivity (Wildman–Crippen MR) is 84.7 cm³/mol. The van der Waals surface area contributed by atoms with Crippen molar-refractivity contribution in [1.29, 1.82) is 0 Å². The number of nitrogens with one attached hydrogen (secondary N) is 1. The van der Waals surface area contributed by atoms with Gasteiger partial charge in [0, 0.05) is 18.3 Å². The SMILES string of the molecule is CC(C)C(=O)CCc1ccc(S(=O)(=O)NC(=O)C(C)C)c(F)c1. The molecule has 0 radical (unpaired) electrons. The number of carbonyl (C=O) groups is 2. The van der Waals surface area contributed by atoms with Gasteiger partial charge < -0.3 is 0 Å². The van der Waals surface area contributed by atoms with E-state index in [0.717, 1.165) is 12.1 Å². The van der Waals surface area contributed by atoms with Crippen molar-refractivity contribution < 1.29 is 22.4 Å². The largest absolute Gasteiger partial charge is 0.299 e. The second-order valence-electron chi connectivity index (χ2n) is 6.01. The lowest BCUT2D eigenvalue weighted by molar-refractivity contribution is -0.122. The minimum atomic E-state index is -4.24. The van der Waals surface area contributed by atoms with Crippen molar-refractivity contribution in [2.75, 3.05) is 0 Å². The zero-order valence-electron chi connectivity index (χ0n) is 13.7. The maximum Gasteiger partial charge on any atom is 0.266 e. The number of benzene rings is 1. The van der Waals surface area contributed by atoms with Gasteiger partial charge in [-0.15, -0.1) is 0 Å². The molecule has 0 aliphatic heterocycles. The van der Waals surface area contributed by atoms with E-state index in [1.807, 2.05) is 4.72 Å². The average Bonchev–Trinajstić information content (AvgIpc) is 2.43. The van der Waals surface area contributed by atoms with Crippen molar-refractivity contribution >= 4 is 21.7 Å². The zero-order valence-corrected chi connectivity index (χ0v) is 14.5. The molecule has 1 aromatic rings. The number of Topliss-reactive ketones (excluding diaryl/α,β-unsaturated/α-hetero) is 1. The van der Waals surface area contributed by atoms with E-state index in [1.165, 1.54) is 19.9 Å². The average molecular weight is 343 g/mol. The Morgan fingerprint density at radius 1 is 1.13 bits per heavy atom. The van der Waals surface area contributed by atoms with Crippen LogP contribution in [0.5, 0.6) is 0 Å². The molecule has 0 aliphatic rings. The summed E-state index contributed by atoms with van der Waals surface area (Å²) in [5.74, 6) is -2.20. The highest BCUT2D eigenvalue weighted by atomic mass is 32.2. The van der Waals surface area contributed by atoms with Crippen LogP contribution in [0.2, 0.25) is 0 Å². The van der Waals surface area contributed by atoms with Crippen LogP contribution in [0, 0.1) is 17.7 Å². The van der Waals surface area contributed by atoms with Gasteiger partial charge >= 0.3 is 0 Å². The van der Waals surface area contributed by atoms with E-state index in [1.54, 1.807) is 13.8 Å². The van der Waals surface area contributed by atoms with Crippen LogP contribution in [0.4, 0.5) is 4.39 Å². The Kier molecular flexibility index (Phi) is 6.44. The molecule has 0 saturated carbocycles. The Morgan fingerprint density at radius 2 is 1.74 bits per heavy atom. The van der Waals surface area contributed by atoms with E-state index in [9.17, 15) is 22.4 Å². The third kappa shape index (κ3) is 5.42. The van der Waals surface area contributed by atoms with E-state index in [0.29, 0.717) is 12.0 Å². The third-order valence-electron chi connectivity index (χ3n) is 3.35. The summed E-state index contributed by atoms with van der Waals surface area (Å²) in [6.07, 6.45) is 0.611. The lowest BCUT2D eigenvalue weighted by atomic mass is 10.0. The first kappa shape index (κ1) is 19.3. The van der Waals surface area contributed by atoms with E-state index in [2.05, 4.69) is 0 Å². The maximum absolute atomic E-state index is 14.1. The molecule has 1 N–H and O–H groups in total. The van der Waals surface area contributed by atoms with Crippen molar-refractivity contribution in [1.82, 2.24) is 4.72 Å². The topological polar surface area (TPSA) is 80.3 Å². The first-order valence-electron chi connectivity index (χ1n) is 7.42. The molecular formula is C16H22FNO4S. The molecule has 128 valence electrons. The summed E-state index contributed by atoms with van der Waals surface area (Å²) in [4.78, 5) is 22.5. The van der Waals surface area contributed by atoms with Crippen molar-refractivity contribution in [2.45, 2.75) is 45.4 Å². The summed E-state index contributed by atoms with van der Waals surface area (Å²) in [5, 5.41) is 0. The molecule has 23 heavy (non-hydrogen) atoms. The highest BCUT2D eigenvalue weighted by Gasteiger charge is 2.23. The predicted octanol–water partition coefficient (Wildman–Crippen LogP) is 2.44. The van der Waals surface area contributed by atoms with Crippen molar-refractivity contribution in [3.63, 3.8) is 0 Å². The highest BCUT2D eigenvalue weighted by Crippen LogP contribution is 2.18. The smallest absolute Gasteiger partial charge is 0.266 e. The van der Waals surface area contributed by atoms with Gasteiger partial charge in [0.05, 0.1) is 0 Å². The number of sulfonamides is 1. The third-order valence-corrected chi connectivity index (χ3v) is 4.73. The molecule has 1 aromatic carbocycles. The van der Waals surface area contributed by atoms with E-state index in [-0.39, 0.29) is 18.1 Å². The number of halogens is 1. The van der Waals surface area contributed by atoms with Crippen LogP contribution >= 0.6 is 0 Å². The Balaban J connectivity index is 2.91. The number of amides is 1. The quantitative estimate of drug-likeness (QED) is 0.824. The van der Waals surface area contributed by atoms with Gasteiger partial charge in [-0.25, -0.2) is 17.5 Å². The fraction of sp³-hybridized carbons (Fsp3) is 0.500. The van der Waals surface area contributed by atoms with Crippen molar-refractivity contribution in [3.05, 3.63) is 29.6 Å². The van der Waals surface area contributed by atoms with Gasteiger partial charge in [-0.1, -0.05) is 33.8 Å². The molecule has 0 bridgehead atoms. The Morgan fingerprint density at radius 3 is 2.22 bits per heavy atom. The molecule has 0 atom stereocenters. The van der Waals surface area contributed by atoms with E-state index >= 15 is 0 Å². The van der Waals surface area contributed by atoms with Crippen LogP contribution in [0.1, 0.15) is 39.7 Å². The minimum absolute atomic E-state index is 0.0614. The Labute approximate surface area is 136 Å². The van der Waals surface area contributed by atoms with Gasteiger partial charge in [-0.3, -0.25) is 9.59 Å². The standard InChI is InChI=1S/C16H22FNO4S/c1-10(2)14(19)7-5-12-6-8-15(13(17)9-12)23(21,22)18-16(20)11(3)4/h6,8-11H,5,7H2,1-4H3,(H,18,20). The molecule has 1 amide bonds. The number of ketones is 1. The molecule has 5 nitrogen and oxygen atoms in total. The maximum atomic E-state index is 14.1. The van der Waals surface area contributed by atoms with E-state index < -0.39 is 32.6 Å². The molecule has 0 fully saturated rings. The monoisotopic (exact) mass is 343 g/mol. The summed E-state index contributed by atoms with van der Waals surface area (Å²) >= 11 is 0. The molecule has 7 heteroatoms. The van der Waals surface area contributed by atoms with Crippen LogP contribution in [0.25, 0.3) is 0 Å². The van der Waals surface area contributed by atoms with Gasteiger partial charge in [0.2, 0.25) is 5.91 Å². The normalized spacial score (nSPS) is 11.8. The molecular weight excluding hydrogens is 321 g/mol. The van der Waals surface area contributed by atoms with Gasteiger partial charge in [-0.05, 0) is 24.1 Å². The second-order valence-corrected chi connectivity index (χ2v) is 7.66. The first-order valence-corrected chi connectivity index (χ1v) is 8.90. The molecule has 0 heterocycles. The van der Waals surface area contributed by atoms with Gasteiger partial charge in [0.15, 0.2) is 0 Å². The van der Waals surface area contributed by atoms with Crippen LogP contribution in [-0.2, 0) is 26.0 Å². The molecule has 0 spiro atoms. The second kappa shape index (κ2) is 7.68. The van der Waals surface area contributed by atoms with Crippen LogP contribution in [0.3, 0.4) is 0 Å². The first-order chi connectivity index (χ1) is 10.5. The molecule has 0 aromatic heterocycles. The lowest BCUT2D eigenvalue weighted by Gasteiger charge is -2.11. The number of hydrogen-bond acceptors (Lipinski definition) is 4. The number of aryl methyl sites for hydroxylation is 1. The van der Waals surface area contributed by atoms with Gasteiger partial charge in [0.1, 0.15) is 16.5 Å². The fourth-order valence-corrected chi connectivity index (χ4v) is 2.95. The summed E-state index contributed by atoms with van der Waals surface area (Å²) in [6, 6.07) is 3.65. The molecule has 0 unspecified atom stereocenters. The minimum Gasteiger partial charge on any atom is -0.299 e. The van der Waals surface area contributed by atoms with Crippen molar-refractivity contribution in [3.8, 4) is 0 Å². The summed E-state index contributed by atoms with van der Waals surface area (Å²) in [5.41, 5.74) is 0.533.